The van der Waals surface area contributed by atoms with Gasteiger partial charge in [-0.1, -0.05) is 29.3 Å². The van der Waals surface area contributed by atoms with E-state index in [-0.39, 0.29) is 12.8 Å². The SMILES string of the molecule is O=S(=O)(c1c(F)cccc1F)C1CCN(c2nc(-c3cc(Cl)cc(Cl)c3)cs2)CC1. The number of aromatic nitrogens is 1. The standard InChI is InChI=1S/C20H16Cl2F2N2O2S2/c21-13-8-12(9-14(22)10-13)18-11-29-20(25-18)26-6-4-15(5-7-26)30(27,28)19-16(23)2-1-3-17(19)24/h1-3,8-11,15H,4-7H2. The van der Waals surface area contributed by atoms with Crippen LogP contribution in [0, 0.1) is 11.6 Å². The maximum Gasteiger partial charge on any atom is 0.187 e. The minimum absolute atomic E-state index is 0.258. The van der Waals surface area contributed by atoms with Crippen LogP contribution in [0.3, 0.4) is 0 Å². The van der Waals surface area contributed by atoms with Gasteiger partial charge in [-0.25, -0.2) is 22.2 Å². The Kier molecular flexibility index (Phi) is 6.03. The fourth-order valence-corrected chi connectivity index (χ4v) is 6.78. The van der Waals surface area contributed by atoms with Crippen LogP contribution in [0.2, 0.25) is 10.0 Å². The summed E-state index contributed by atoms with van der Waals surface area (Å²) in [6.45, 7) is 0.840. The van der Waals surface area contributed by atoms with Crippen molar-refractivity contribution in [1.29, 1.82) is 0 Å². The summed E-state index contributed by atoms with van der Waals surface area (Å²) >= 11 is 13.5. The van der Waals surface area contributed by atoms with Crippen molar-refractivity contribution in [2.45, 2.75) is 23.0 Å². The van der Waals surface area contributed by atoms with Gasteiger partial charge in [0, 0.05) is 34.1 Å². The van der Waals surface area contributed by atoms with Crippen LogP contribution < -0.4 is 4.90 Å². The van der Waals surface area contributed by atoms with Crippen LogP contribution in [0.25, 0.3) is 11.3 Å². The zero-order chi connectivity index (χ0) is 21.5. The van der Waals surface area contributed by atoms with E-state index in [1.807, 2.05) is 10.3 Å². The minimum Gasteiger partial charge on any atom is -0.348 e. The number of benzene rings is 2. The van der Waals surface area contributed by atoms with Gasteiger partial charge < -0.3 is 4.90 Å². The van der Waals surface area contributed by atoms with Crippen LogP contribution in [0.5, 0.6) is 0 Å². The Balaban J connectivity index is 1.50. The maximum absolute atomic E-state index is 14.0. The third kappa shape index (κ3) is 4.19. The van der Waals surface area contributed by atoms with Gasteiger partial charge in [-0.05, 0) is 43.2 Å². The third-order valence-corrected chi connectivity index (χ3v) is 8.65. The summed E-state index contributed by atoms with van der Waals surface area (Å²) in [4.78, 5) is 5.76. The molecule has 2 heterocycles. The summed E-state index contributed by atoms with van der Waals surface area (Å²) in [6.07, 6.45) is 0.516. The zero-order valence-corrected chi connectivity index (χ0v) is 18.6. The monoisotopic (exact) mass is 488 g/mol. The van der Waals surface area contributed by atoms with Gasteiger partial charge in [-0.15, -0.1) is 11.3 Å². The summed E-state index contributed by atoms with van der Waals surface area (Å²) < 4.78 is 53.6. The minimum atomic E-state index is -4.10. The normalized spacial score (nSPS) is 15.5. The summed E-state index contributed by atoms with van der Waals surface area (Å²) in [5, 5.41) is 2.81. The topological polar surface area (TPSA) is 50.3 Å². The summed E-state index contributed by atoms with van der Waals surface area (Å²) in [6, 6.07) is 8.26. The van der Waals surface area contributed by atoms with Crippen molar-refractivity contribution in [2.75, 3.05) is 18.0 Å². The molecule has 4 rings (SSSR count). The van der Waals surface area contributed by atoms with Crippen LogP contribution in [0.1, 0.15) is 12.8 Å². The van der Waals surface area contributed by atoms with Gasteiger partial charge in [-0.2, -0.15) is 0 Å². The Morgan fingerprint density at radius 2 is 1.63 bits per heavy atom. The van der Waals surface area contributed by atoms with Gasteiger partial charge in [0.2, 0.25) is 0 Å². The number of thiazole rings is 1. The van der Waals surface area contributed by atoms with Crippen LogP contribution in [-0.4, -0.2) is 31.7 Å². The number of halogens is 4. The van der Waals surface area contributed by atoms with Crippen molar-refractivity contribution in [3.63, 3.8) is 0 Å². The molecule has 0 bridgehead atoms. The Labute approximate surface area is 187 Å². The molecular formula is C20H16Cl2F2N2O2S2. The Bertz CT molecular complexity index is 1150. The molecule has 0 spiro atoms. The molecule has 0 radical (unpaired) electrons. The summed E-state index contributed by atoms with van der Waals surface area (Å²) in [5.41, 5.74) is 1.52. The zero-order valence-electron chi connectivity index (χ0n) is 15.5. The highest BCUT2D eigenvalue weighted by molar-refractivity contribution is 7.92. The maximum atomic E-state index is 14.0. The lowest BCUT2D eigenvalue weighted by atomic mass is 10.1. The average Bonchev–Trinajstić information content (AvgIpc) is 3.17. The lowest BCUT2D eigenvalue weighted by Gasteiger charge is -2.31. The van der Waals surface area contributed by atoms with Crippen LogP contribution in [0.4, 0.5) is 13.9 Å². The molecule has 2 aromatic carbocycles. The molecule has 30 heavy (non-hydrogen) atoms. The van der Waals surface area contributed by atoms with Gasteiger partial charge in [0.05, 0.1) is 10.9 Å². The van der Waals surface area contributed by atoms with E-state index < -0.39 is 31.6 Å². The predicted molar refractivity (Wildman–Crippen MR) is 116 cm³/mol. The fraction of sp³-hybridized carbons (Fsp3) is 0.250. The molecule has 0 atom stereocenters. The van der Waals surface area contributed by atoms with Crippen LogP contribution >= 0.6 is 34.5 Å². The first-order valence-corrected chi connectivity index (χ1v) is 12.3. The van der Waals surface area contributed by atoms with Gasteiger partial charge in [0.25, 0.3) is 0 Å². The number of sulfone groups is 1. The Morgan fingerprint density at radius 1 is 1.03 bits per heavy atom. The molecule has 1 saturated heterocycles. The third-order valence-electron chi connectivity index (χ3n) is 5.01. The molecular weight excluding hydrogens is 473 g/mol. The number of rotatable bonds is 4. The molecule has 10 heteroatoms. The van der Waals surface area contributed by atoms with Gasteiger partial charge >= 0.3 is 0 Å². The van der Waals surface area contributed by atoms with E-state index in [1.165, 1.54) is 11.3 Å². The second-order valence-corrected chi connectivity index (χ2v) is 10.8. The quantitative estimate of drug-likeness (QED) is 0.462. The molecule has 1 aliphatic heterocycles. The molecule has 0 unspecified atom stereocenters. The van der Waals surface area contributed by atoms with Crippen molar-refractivity contribution in [3.05, 3.63) is 63.5 Å². The molecule has 3 aromatic rings. The van der Waals surface area contributed by atoms with Gasteiger partial charge in [0.1, 0.15) is 16.5 Å². The number of nitrogens with zero attached hydrogens (tertiary/aromatic N) is 2. The predicted octanol–water partition coefficient (Wildman–Crippen LogP) is 5.84. The van der Waals surface area contributed by atoms with Gasteiger partial charge in [0.15, 0.2) is 15.0 Å². The first kappa shape index (κ1) is 21.5. The van der Waals surface area contributed by atoms with Crippen molar-refractivity contribution in [2.24, 2.45) is 0 Å². The molecule has 0 amide bonds. The second-order valence-electron chi connectivity index (χ2n) is 6.96. The number of anilines is 1. The van der Waals surface area contributed by atoms with Crippen LogP contribution in [-0.2, 0) is 9.84 Å². The summed E-state index contributed by atoms with van der Waals surface area (Å²) in [5.74, 6) is -2.11. The number of hydrogen-bond acceptors (Lipinski definition) is 5. The largest absolute Gasteiger partial charge is 0.348 e. The molecule has 1 aliphatic rings. The second kappa shape index (κ2) is 8.42. The Morgan fingerprint density at radius 3 is 2.23 bits per heavy atom. The first-order valence-electron chi connectivity index (χ1n) is 9.10. The molecule has 158 valence electrons. The molecule has 4 nitrogen and oxygen atoms in total. The highest BCUT2D eigenvalue weighted by atomic mass is 35.5. The van der Waals surface area contributed by atoms with Crippen molar-refractivity contribution in [3.8, 4) is 11.3 Å². The van der Waals surface area contributed by atoms with Crippen molar-refractivity contribution in [1.82, 2.24) is 4.98 Å². The smallest absolute Gasteiger partial charge is 0.187 e. The van der Waals surface area contributed by atoms with E-state index in [2.05, 4.69) is 4.98 Å². The number of hydrogen-bond donors (Lipinski definition) is 0. The molecule has 0 saturated carbocycles. The highest BCUT2D eigenvalue weighted by Gasteiger charge is 2.35. The van der Waals surface area contributed by atoms with Crippen LogP contribution in [0.15, 0.2) is 46.7 Å². The molecule has 1 fully saturated rings. The lowest BCUT2D eigenvalue weighted by molar-refractivity contribution is 0.497. The summed E-state index contributed by atoms with van der Waals surface area (Å²) in [7, 11) is -4.10. The van der Waals surface area contributed by atoms with E-state index in [0.29, 0.717) is 23.1 Å². The van der Waals surface area contributed by atoms with E-state index in [1.54, 1.807) is 18.2 Å². The molecule has 0 N–H and O–H groups in total. The van der Waals surface area contributed by atoms with E-state index >= 15 is 0 Å². The lowest BCUT2D eigenvalue weighted by Crippen LogP contribution is -2.39. The van der Waals surface area contributed by atoms with Crippen molar-refractivity contribution >= 4 is 49.5 Å². The number of piperidine rings is 1. The van der Waals surface area contributed by atoms with E-state index in [0.717, 1.165) is 34.6 Å². The van der Waals surface area contributed by atoms with E-state index in [9.17, 15) is 17.2 Å². The highest BCUT2D eigenvalue weighted by Crippen LogP contribution is 2.34. The average molecular weight is 489 g/mol. The van der Waals surface area contributed by atoms with E-state index in [4.69, 9.17) is 23.2 Å². The fourth-order valence-electron chi connectivity index (χ4n) is 3.52. The van der Waals surface area contributed by atoms with Crippen molar-refractivity contribution < 1.29 is 17.2 Å². The Hall–Kier alpha value is -1.74. The first-order chi connectivity index (χ1) is 14.3. The molecule has 1 aromatic heterocycles. The molecule has 0 aliphatic carbocycles. The van der Waals surface area contributed by atoms with Gasteiger partial charge in [-0.3, -0.25) is 0 Å².